The van der Waals surface area contributed by atoms with Crippen molar-refractivity contribution in [3.63, 3.8) is 0 Å². The maximum atomic E-state index is 5.13. The first kappa shape index (κ1) is 12.9. The van der Waals surface area contributed by atoms with E-state index in [1.165, 1.54) is 45.4 Å². The fourth-order valence-corrected chi connectivity index (χ4v) is 2.12. The number of nitrogens with zero attached hydrogens (tertiary/aromatic N) is 2. The number of hydrogen-bond donors (Lipinski definition) is 0. The minimum absolute atomic E-state index is 0.903. The van der Waals surface area contributed by atoms with E-state index in [1.807, 2.05) is 0 Å². The third-order valence-corrected chi connectivity index (χ3v) is 3.30. The third kappa shape index (κ3) is 5.50. The highest BCUT2D eigenvalue weighted by Gasteiger charge is 2.18. The van der Waals surface area contributed by atoms with E-state index < -0.39 is 0 Å². The summed E-state index contributed by atoms with van der Waals surface area (Å²) in [5, 5.41) is 0. The lowest BCUT2D eigenvalue weighted by atomic mass is 9.94. The summed E-state index contributed by atoms with van der Waals surface area (Å²) >= 11 is 0. The molecule has 0 unspecified atom stereocenters. The Hall–Kier alpha value is -0.120. The van der Waals surface area contributed by atoms with Crippen LogP contribution < -0.4 is 0 Å². The van der Waals surface area contributed by atoms with Gasteiger partial charge in [0.05, 0.1) is 0 Å². The van der Waals surface area contributed by atoms with Crippen LogP contribution in [0.25, 0.3) is 0 Å². The van der Waals surface area contributed by atoms with E-state index in [0.717, 1.165) is 12.5 Å². The highest BCUT2D eigenvalue weighted by atomic mass is 16.5. The highest BCUT2D eigenvalue weighted by Crippen LogP contribution is 2.19. The quantitative estimate of drug-likeness (QED) is 0.663. The van der Waals surface area contributed by atoms with Crippen molar-refractivity contribution in [3.05, 3.63) is 0 Å². The van der Waals surface area contributed by atoms with Crippen LogP contribution in [0.2, 0.25) is 0 Å². The zero-order chi connectivity index (χ0) is 11.1. The first-order valence-corrected chi connectivity index (χ1v) is 6.08. The van der Waals surface area contributed by atoms with Gasteiger partial charge in [-0.05, 0) is 52.4 Å². The average molecular weight is 214 g/mol. The Morgan fingerprint density at radius 2 is 1.93 bits per heavy atom. The monoisotopic (exact) mass is 214 g/mol. The molecule has 1 aliphatic rings. The van der Waals surface area contributed by atoms with Crippen molar-refractivity contribution in [2.75, 3.05) is 54.0 Å². The van der Waals surface area contributed by atoms with E-state index in [0.29, 0.717) is 0 Å². The van der Waals surface area contributed by atoms with E-state index in [4.69, 9.17) is 4.74 Å². The van der Waals surface area contributed by atoms with Crippen molar-refractivity contribution in [2.45, 2.75) is 19.3 Å². The van der Waals surface area contributed by atoms with Gasteiger partial charge in [-0.2, -0.15) is 0 Å². The molecule has 3 heteroatoms. The molecular formula is C12H26N2O. The molecule has 15 heavy (non-hydrogen) atoms. The number of rotatable bonds is 6. The SMILES string of the molecule is COCCC1CCN(CCN(C)C)CC1. The average Bonchev–Trinajstić information content (AvgIpc) is 2.25. The Morgan fingerprint density at radius 1 is 1.27 bits per heavy atom. The molecule has 90 valence electrons. The molecule has 0 aromatic rings. The van der Waals surface area contributed by atoms with Crippen molar-refractivity contribution >= 4 is 0 Å². The number of likely N-dealkylation sites (N-methyl/N-ethyl adjacent to an activating group) is 1. The largest absolute Gasteiger partial charge is 0.385 e. The molecule has 1 aliphatic heterocycles. The summed E-state index contributed by atoms with van der Waals surface area (Å²) in [5.41, 5.74) is 0. The minimum Gasteiger partial charge on any atom is -0.385 e. The Morgan fingerprint density at radius 3 is 2.47 bits per heavy atom. The summed E-state index contributed by atoms with van der Waals surface area (Å²) in [7, 11) is 6.09. The first-order chi connectivity index (χ1) is 7.22. The van der Waals surface area contributed by atoms with E-state index >= 15 is 0 Å². The molecule has 0 radical (unpaired) electrons. The van der Waals surface area contributed by atoms with Gasteiger partial charge in [-0.1, -0.05) is 0 Å². The van der Waals surface area contributed by atoms with Crippen LogP contribution in [0.15, 0.2) is 0 Å². The van der Waals surface area contributed by atoms with Gasteiger partial charge in [0.25, 0.3) is 0 Å². The Bertz CT molecular complexity index is 154. The summed E-state index contributed by atoms with van der Waals surface area (Å²) in [5.74, 6) is 0.903. The maximum absolute atomic E-state index is 5.13. The number of likely N-dealkylation sites (tertiary alicyclic amines) is 1. The van der Waals surface area contributed by atoms with Crippen molar-refractivity contribution in [3.8, 4) is 0 Å². The van der Waals surface area contributed by atoms with Crippen LogP contribution in [-0.2, 0) is 4.74 Å². The fourth-order valence-electron chi connectivity index (χ4n) is 2.12. The molecule has 1 saturated heterocycles. The number of ether oxygens (including phenoxy) is 1. The zero-order valence-electron chi connectivity index (χ0n) is 10.5. The summed E-state index contributed by atoms with van der Waals surface area (Å²) in [6.45, 7) is 5.90. The van der Waals surface area contributed by atoms with Crippen molar-refractivity contribution in [1.82, 2.24) is 9.80 Å². The topological polar surface area (TPSA) is 15.7 Å². The molecule has 1 heterocycles. The number of piperidine rings is 1. The Labute approximate surface area is 94.4 Å². The smallest absolute Gasteiger partial charge is 0.0464 e. The summed E-state index contributed by atoms with van der Waals surface area (Å²) < 4.78 is 5.13. The van der Waals surface area contributed by atoms with Crippen molar-refractivity contribution in [1.29, 1.82) is 0 Å². The molecule has 0 aromatic carbocycles. The molecule has 0 amide bonds. The minimum atomic E-state index is 0.903. The molecule has 0 saturated carbocycles. The van der Waals surface area contributed by atoms with Crippen molar-refractivity contribution < 1.29 is 4.74 Å². The van der Waals surface area contributed by atoms with Gasteiger partial charge in [0.1, 0.15) is 0 Å². The first-order valence-electron chi connectivity index (χ1n) is 6.08. The summed E-state index contributed by atoms with van der Waals surface area (Å²) in [6, 6.07) is 0. The molecule has 1 rings (SSSR count). The fraction of sp³-hybridized carbons (Fsp3) is 1.00. The van der Waals surface area contributed by atoms with Crippen LogP contribution in [0.4, 0.5) is 0 Å². The normalized spacial score (nSPS) is 20.0. The summed E-state index contributed by atoms with van der Waals surface area (Å²) in [6.07, 6.45) is 3.96. The second-order valence-corrected chi connectivity index (χ2v) is 4.87. The lowest BCUT2D eigenvalue weighted by molar-refractivity contribution is 0.131. The second kappa shape index (κ2) is 7.20. The van der Waals surface area contributed by atoms with Gasteiger partial charge in [0.2, 0.25) is 0 Å². The lowest BCUT2D eigenvalue weighted by Crippen LogP contribution is -2.38. The number of methoxy groups -OCH3 is 1. The predicted molar refractivity (Wildman–Crippen MR) is 64.2 cm³/mol. The van der Waals surface area contributed by atoms with E-state index in [9.17, 15) is 0 Å². The van der Waals surface area contributed by atoms with Crippen LogP contribution in [-0.4, -0.2) is 63.8 Å². The van der Waals surface area contributed by atoms with Crippen LogP contribution in [0.5, 0.6) is 0 Å². The van der Waals surface area contributed by atoms with Gasteiger partial charge in [0, 0.05) is 26.8 Å². The molecule has 0 atom stereocenters. The Kier molecular flexibility index (Phi) is 6.22. The van der Waals surface area contributed by atoms with E-state index in [2.05, 4.69) is 23.9 Å². The molecule has 0 aromatic heterocycles. The van der Waals surface area contributed by atoms with Crippen LogP contribution in [0.1, 0.15) is 19.3 Å². The molecule has 0 spiro atoms. The number of hydrogen-bond acceptors (Lipinski definition) is 3. The van der Waals surface area contributed by atoms with Gasteiger partial charge in [-0.25, -0.2) is 0 Å². The van der Waals surface area contributed by atoms with Gasteiger partial charge in [-0.3, -0.25) is 0 Å². The van der Waals surface area contributed by atoms with Gasteiger partial charge >= 0.3 is 0 Å². The van der Waals surface area contributed by atoms with Crippen LogP contribution >= 0.6 is 0 Å². The zero-order valence-corrected chi connectivity index (χ0v) is 10.5. The molecule has 3 nitrogen and oxygen atoms in total. The molecule has 0 N–H and O–H groups in total. The van der Waals surface area contributed by atoms with Gasteiger partial charge in [-0.15, -0.1) is 0 Å². The predicted octanol–water partition coefficient (Wildman–Crippen LogP) is 1.30. The summed E-state index contributed by atoms with van der Waals surface area (Å²) in [4.78, 5) is 4.85. The molecule has 0 bridgehead atoms. The van der Waals surface area contributed by atoms with Crippen LogP contribution in [0.3, 0.4) is 0 Å². The third-order valence-electron chi connectivity index (χ3n) is 3.30. The Balaban J connectivity index is 2.07. The van der Waals surface area contributed by atoms with Crippen LogP contribution in [0, 0.1) is 5.92 Å². The lowest BCUT2D eigenvalue weighted by Gasteiger charge is -2.32. The molecular weight excluding hydrogens is 188 g/mol. The molecule has 1 fully saturated rings. The standard InChI is InChI=1S/C12H26N2O/c1-13(2)9-10-14-7-4-12(5-8-14)6-11-15-3/h12H,4-11H2,1-3H3. The van der Waals surface area contributed by atoms with Gasteiger partial charge < -0.3 is 14.5 Å². The highest BCUT2D eigenvalue weighted by molar-refractivity contribution is 4.72. The van der Waals surface area contributed by atoms with Gasteiger partial charge in [0.15, 0.2) is 0 Å². The van der Waals surface area contributed by atoms with E-state index in [-0.39, 0.29) is 0 Å². The van der Waals surface area contributed by atoms with E-state index in [1.54, 1.807) is 7.11 Å². The van der Waals surface area contributed by atoms with Crippen molar-refractivity contribution in [2.24, 2.45) is 5.92 Å². The second-order valence-electron chi connectivity index (χ2n) is 4.87. The maximum Gasteiger partial charge on any atom is 0.0464 e. The molecule has 0 aliphatic carbocycles.